The van der Waals surface area contributed by atoms with Crippen LogP contribution >= 0.6 is 11.6 Å². The van der Waals surface area contributed by atoms with Crippen molar-refractivity contribution in [2.45, 2.75) is 76.6 Å². The van der Waals surface area contributed by atoms with Crippen molar-refractivity contribution in [3.05, 3.63) is 87.9 Å². The molecule has 2 aliphatic rings. The van der Waals surface area contributed by atoms with Crippen molar-refractivity contribution in [3.8, 4) is 17.2 Å². The summed E-state index contributed by atoms with van der Waals surface area (Å²) >= 11 is 6.56. The van der Waals surface area contributed by atoms with E-state index in [0.29, 0.717) is 42.2 Å². The van der Waals surface area contributed by atoms with Gasteiger partial charge in [0, 0.05) is 6.54 Å². The van der Waals surface area contributed by atoms with Crippen LogP contribution in [0.15, 0.2) is 60.7 Å². The summed E-state index contributed by atoms with van der Waals surface area (Å²) in [7, 11) is -1.02. The molecule has 1 fully saturated rings. The van der Waals surface area contributed by atoms with E-state index in [2.05, 4.69) is 11.8 Å². The number of unbranched alkanes of at least 4 members (excludes halogenated alkanes) is 2. The van der Waals surface area contributed by atoms with E-state index in [9.17, 15) is 8.42 Å². The molecule has 0 spiro atoms. The maximum atomic E-state index is 14.1. The van der Waals surface area contributed by atoms with Crippen molar-refractivity contribution >= 4 is 32.9 Å². The first-order valence-corrected chi connectivity index (χ1v) is 18.9. The summed E-state index contributed by atoms with van der Waals surface area (Å²) in [6.45, 7) is 5.89. The van der Waals surface area contributed by atoms with Gasteiger partial charge in [0.1, 0.15) is 35.7 Å². The fourth-order valence-corrected chi connectivity index (χ4v) is 8.17. The van der Waals surface area contributed by atoms with Crippen LogP contribution in [0.25, 0.3) is 11.1 Å². The number of likely N-dealkylation sites (tertiary alicyclic amines) is 1. The Bertz CT molecular complexity index is 1640. The second-order valence-corrected chi connectivity index (χ2v) is 14.6. The molecule has 8 nitrogen and oxygen atoms in total. The van der Waals surface area contributed by atoms with Crippen LogP contribution in [0, 0.1) is 0 Å². The maximum absolute atomic E-state index is 14.1. The second kappa shape index (κ2) is 17.5. The normalized spacial score (nSPS) is 16.0. The minimum absolute atomic E-state index is 0.0251. The Labute approximate surface area is 291 Å². The van der Waals surface area contributed by atoms with Gasteiger partial charge in [-0.2, -0.15) is 8.42 Å². The monoisotopic (exact) mass is 697 g/mol. The van der Waals surface area contributed by atoms with Crippen molar-refractivity contribution in [2.75, 3.05) is 40.5 Å². The van der Waals surface area contributed by atoms with E-state index in [0.717, 1.165) is 78.2 Å². The molecule has 0 bridgehead atoms. The van der Waals surface area contributed by atoms with E-state index in [4.69, 9.17) is 35.0 Å². The Morgan fingerprint density at radius 3 is 2.35 bits per heavy atom. The average molecular weight is 698 g/mol. The number of allylic oxidation sites excluding steroid dienone is 1. The van der Waals surface area contributed by atoms with Crippen LogP contribution in [-0.4, -0.2) is 59.0 Å². The first kappa shape index (κ1) is 36.2. The zero-order chi connectivity index (χ0) is 33.9. The number of hydrogen-bond donors (Lipinski definition) is 0. The fourth-order valence-electron chi connectivity index (χ4n) is 6.62. The molecule has 1 aliphatic heterocycles. The van der Waals surface area contributed by atoms with Gasteiger partial charge in [-0.1, -0.05) is 68.5 Å². The lowest BCUT2D eigenvalue weighted by Crippen LogP contribution is -2.33. The number of piperidine rings is 1. The van der Waals surface area contributed by atoms with Gasteiger partial charge in [-0.05, 0) is 115 Å². The van der Waals surface area contributed by atoms with Crippen molar-refractivity contribution < 1.29 is 31.8 Å². The van der Waals surface area contributed by atoms with E-state index in [-0.39, 0.29) is 6.61 Å². The highest BCUT2D eigenvalue weighted by Crippen LogP contribution is 2.44. The molecule has 10 heteroatoms. The molecule has 0 aromatic heterocycles. The Hall–Kier alpha value is -3.08. The number of rotatable bonds is 17. The number of halogens is 1. The van der Waals surface area contributed by atoms with Gasteiger partial charge in [0.2, 0.25) is 0 Å². The third-order valence-electron chi connectivity index (χ3n) is 9.23. The van der Waals surface area contributed by atoms with Gasteiger partial charge in [0.15, 0.2) is 0 Å². The summed E-state index contributed by atoms with van der Waals surface area (Å²) in [6, 6.07) is 18.9. The summed E-state index contributed by atoms with van der Waals surface area (Å²) in [5.74, 6) is 2.06. The van der Waals surface area contributed by atoms with Crippen molar-refractivity contribution in [1.29, 1.82) is 0 Å². The van der Waals surface area contributed by atoms with Crippen LogP contribution in [0.4, 0.5) is 0 Å². The molecule has 3 aromatic carbocycles. The molecular formula is C38H48ClNO7S. The molecule has 0 radical (unpaired) electrons. The zero-order valence-electron chi connectivity index (χ0n) is 28.3. The zero-order valence-corrected chi connectivity index (χ0v) is 29.9. The predicted octanol–water partition coefficient (Wildman–Crippen LogP) is 8.51. The Balaban J connectivity index is 1.35. The maximum Gasteiger partial charge on any atom is 0.300 e. The lowest BCUT2D eigenvalue weighted by Gasteiger charge is -2.29. The lowest BCUT2D eigenvalue weighted by atomic mass is 9.80. The molecule has 1 heterocycles. The molecule has 260 valence electrons. The predicted molar refractivity (Wildman–Crippen MR) is 191 cm³/mol. The highest BCUT2D eigenvalue weighted by molar-refractivity contribution is 7.87. The van der Waals surface area contributed by atoms with Crippen LogP contribution in [0.1, 0.15) is 80.5 Å². The standard InChI is InChI=1S/C38H48ClNO7S/c1-4-5-7-10-37(48(41,42)47-46-27-28-11-15-31(16-12-28)45-24-23-40-21-8-6-9-22-40)38-33(30-14-20-36(44-3)35(39)26-30)18-13-29-25-32(43-2)17-19-34(29)38/h11-12,14-17,19-20,25-26,37H,4-10,13,18,21-24,27H2,1-3H3. The van der Waals surface area contributed by atoms with E-state index in [1.165, 1.54) is 19.3 Å². The Morgan fingerprint density at radius 1 is 0.875 bits per heavy atom. The van der Waals surface area contributed by atoms with Crippen LogP contribution in [0.2, 0.25) is 5.02 Å². The second-order valence-electron chi connectivity index (χ2n) is 12.5. The summed E-state index contributed by atoms with van der Waals surface area (Å²) in [5, 5.41) is -0.492. The highest BCUT2D eigenvalue weighted by atomic mass is 35.5. The van der Waals surface area contributed by atoms with Gasteiger partial charge in [-0.25, -0.2) is 4.89 Å². The van der Waals surface area contributed by atoms with Crippen molar-refractivity contribution in [3.63, 3.8) is 0 Å². The van der Waals surface area contributed by atoms with E-state index in [1.807, 2.05) is 60.7 Å². The SMILES string of the molecule is CCCCCC(C1=C(c2ccc(OC)c(Cl)c2)CCc2cc(OC)ccc21)S(=O)(=O)OOCc1ccc(OCCN2CCCCC2)cc1. The van der Waals surface area contributed by atoms with Crippen LogP contribution in [0.3, 0.4) is 0 Å². The molecule has 1 aliphatic carbocycles. The number of ether oxygens (including phenoxy) is 3. The number of benzene rings is 3. The number of fused-ring (bicyclic) bond motifs is 1. The largest absolute Gasteiger partial charge is 0.497 e. The van der Waals surface area contributed by atoms with Crippen molar-refractivity contribution in [2.24, 2.45) is 0 Å². The molecule has 1 unspecified atom stereocenters. The van der Waals surface area contributed by atoms with E-state index in [1.54, 1.807) is 14.2 Å². The topological polar surface area (TPSA) is 83.5 Å². The van der Waals surface area contributed by atoms with E-state index < -0.39 is 15.4 Å². The van der Waals surface area contributed by atoms with Crippen LogP contribution in [0.5, 0.6) is 17.2 Å². The van der Waals surface area contributed by atoms with Gasteiger partial charge in [-0.15, -0.1) is 4.33 Å². The Kier molecular flexibility index (Phi) is 13.2. The smallest absolute Gasteiger partial charge is 0.300 e. The molecule has 48 heavy (non-hydrogen) atoms. The van der Waals surface area contributed by atoms with Gasteiger partial charge in [0.25, 0.3) is 0 Å². The highest BCUT2D eigenvalue weighted by Gasteiger charge is 2.36. The molecular weight excluding hydrogens is 650 g/mol. The van der Waals surface area contributed by atoms with Gasteiger partial charge >= 0.3 is 10.1 Å². The molecule has 3 aromatic rings. The first-order chi connectivity index (χ1) is 23.3. The van der Waals surface area contributed by atoms with Crippen LogP contribution in [-0.2, 0) is 32.4 Å². The average Bonchev–Trinajstić information content (AvgIpc) is 3.10. The van der Waals surface area contributed by atoms with E-state index >= 15 is 0 Å². The minimum Gasteiger partial charge on any atom is -0.497 e. The first-order valence-electron chi connectivity index (χ1n) is 17.1. The number of hydrogen-bond acceptors (Lipinski definition) is 8. The molecule has 1 atom stereocenters. The minimum atomic E-state index is -4.22. The van der Waals surface area contributed by atoms with Crippen LogP contribution < -0.4 is 14.2 Å². The van der Waals surface area contributed by atoms with Gasteiger partial charge in [-0.3, -0.25) is 4.90 Å². The molecule has 0 amide bonds. The van der Waals surface area contributed by atoms with Gasteiger partial charge < -0.3 is 14.2 Å². The molecule has 1 saturated heterocycles. The number of methoxy groups -OCH3 is 2. The third kappa shape index (κ3) is 9.33. The quantitative estimate of drug-likeness (QED) is 0.0789. The molecule has 0 N–H and O–H groups in total. The lowest BCUT2D eigenvalue weighted by molar-refractivity contribution is -0.212. The molecule has 5 rings (SSSR count). The summed E-state index contributed by atoms with van der Waals surface area (Å²) in [5.41, 5.74) is 5.16. The third-order valence-corrected chi connectivity index (χ3v) is 11.0. The van der Waals surface area contributed by atoms with Gasteiger partial charge in [0.05, 0.1) is 19.2 Å². The number of nitrogens with zero attached hydrogens (tertiary/aromatic N) is 1. The number of aryl methyl sites for hydroxylation is 1. The fraction of sp³-hybridized carbons (Fsp3) is 0.474. The molecule has 0 saturated carbocycles. The summed E-state index contributed by atoms with van der Waals surface area (Å²) < 4.78 is 50.4. The Morgan fingerprint density at radius 2 is 1.65 bits per heavy atom. The van der Waals surface area contributed by atoms with Crippen molar-refractivity contribution in [1.82, 2.24) is 4.90 Å². The summed E-state index contributed by atoms with van der Waals surface area (Å²) in [4.78, 5) is 7.90. The summed E-state index contributed by atoms with van der Waals surface area (Å²) in [6.07, 6.45) is 8.13.